The summed E-state index contributed by atoms with van der Waals surface area (Å²) in [6.45, 7) is 8.52. The molecule has 1 amide bonds. The van der Waals surface area contributed by atoms with Crippen molar-refractivity contribution >= 4 is 27.6 Å². The van der Waals surface area contributed by atoms with Gasteiger partial charge in [-0.15, -0.1) is 0 Å². The molecular formula is C24H37N3O5S. The summed E-state index contributed by atoms with van der Waals surface area (Å²) >= 11 is 0. The number of ether oxygens (including phenoxy) is 1. The Morgan fingerprint density at radius 3 is 2.18 bits per heavy atom. The van der Waals surface area contributed by atoms with Crippen LogP contribution in [-0.4, -0.2) is 63.4 Å². The van der Waals surface area contributed by atoms with Crippen LogP contribution >= 0.6 is 0 Å². The van der Waals surface area contributed by atoms with Crippen molar-refractivity contribution in [1.82, 2.24) is 9.62 Å². The van der Waals surface area contributed by atoms with Crippen molar-refractivity contribution in [3.05, 3.63) is 23.8 Å². The molecule has 2 aliphatic rings. The van der Waals surface area contributed by atoms with Crippen molar-refractivity contribution in [2.45, 2.75) is 70.3 Å². The van der Waals surface area contributed by atoms with Crippen LogP contribution in [0, 0.1) is 5.92 Å². The Bertz CT molecular complexity index is 935. The summed E-state index contributed by atoms with van der Waals surface area (Å²) in [6.07, 6.45) is 4.87. The van der Waals surface area contributed by atoms with Crippen molar-refractivity contribution in [2.24, 2.45) is 5.92 Å². The molecule has 2 saturated heterocycles. The fourth-order valence-electron chi connectivity index (χ4n) is 4.22. The third kappa shape index (κ3) is 6.47. The molecule has 8 nitrogen and oxygen atoms in total. The highest BCUT2D eigenvalue weighted by Gasteiger charge is 2.31. The van der Waals surface area contributed by atoms with Gasteiger partial charge in [-0.3, -0.25) is 4.79 Å². The second-order valence-corrected chi connectivity index (χ2v) is 11.3. The number of rotatable bonds is 8. The molecule has 1 atom stereocenters. The van der Waals surface area contributed by atoms with E-state index in [1.165, 1.54) is 17.3 Å². The highest BCUT2D eigenvalue weighted by Crippen LogP contribution is 2.32. The molecule has 2 aliphatic heterocycles. The van der Waals surface area contributed by atoms with E-state index < -0.39 is 22.1 Å². The van der Waals surface area contributed by atoms with E-state index in [1.54, 1.807) is 12.1 Å². The minimum Gasteiger partial charge on any atom is -0.449 e. The standard InChI is InChI=1S/C24H37N3O5S/c1-18(2)17-25-23(28)19(3)32-24(29)20-10-11-21(26-12-6-4-7-13-26)22(16-20)33(30,31)27-14-8-5-9-15-27/h10-11,16,18-19H,4-9,12-15,17H2,1-3H3,(H,25,28). The molecule has 1 unspecified atom stereocenters. The third-order valence-electron chi connectivity index (χ3n) is 6.16. The predicted octanol–water partition coefficient (Wildman–Crippen LogP) is 3.17. The lowest BCUT2D eigenvalue weighted by atomic mass is 10.1. The molecule has 184 valence electrons. The van der Waals surface area contributed by atoms with E-state index in [1.807, 2.05) is 13.8 Å². The van der Waals surface area contributed by atoms with E-state index in [9.17, 15) is 18.0 Å². The Kier molecular flexibility index (Phi) is 8.75. The molecule has 2 heterocycles. The Morgan fingerprint density at radius 1 is 0.970 bits per heavy atom. The van der Waals surface area contributed by atoms with Gasteiger partial charge in [0.25, 0.3) is 5.91 Å². The molecule has 33 heavy (non-hydrogen) atoms. The van der Waals surface area contributed by atoms with Gasteiger partial charge in [0.05, 0.1) is 11.3 Å². The summed E-state index contributed by atoms with van der Waals surface area (Å²) in [6, 6.07) is 4.73. The number of esters is 1. The molecule has 0 spiro atoms. The number of carbonyl (C=O) groups is 2. The summed E-state index contributed by atoms with van der Waals surface area (Å²) < 4.78 is 34.1. The summed E-state index contributed by atoms with van der Waals surface area (Å²) in [5.41, 5.74) is 0.773. The zero-order chi connectivity index (χ0) is 24.0. The summed E-state index contributed by atoms with van der Waals surface area (Å²) in [5.74, 6) is -0.799. The van der Waals surface area contributed by atoms with E-state index in [2.05, 4.69) is 10.2 Å². The van der Waals surface area contributed by atoms with Crippen LogP contribution in [0.15, 0.2) is 23.1 Å². The molecule has 0 radical (unpaired) electrons. The van der Waals surface area contributed by atoms with Gasteiger partial charge < -0.3 is 15.0 Å². The molecule has 1 aromatic rings. The SMILES string of the molecule is CC(C)CNC(=O)C(C)OC(=O)c1ccc(N2CCCCC2)c(S(=O)(=O)N2CCCCC2)c1. The normalized spacial score (nSPS) is 18.7. The smallest absolute Gasteiger partial charge is 0.338 e. The topological polar surface area (TPSA) is 96.0 Å². The maximum atomic E-state index is 13.6. The minimum atomic E-state index is -3.76. The van der Waals surface area contributed by atoms with Crippen molar-refractivity contribution in [3.63, 3.8) is 0 Å². The highest BCUT2D eigenvalue weighted by atomic mass is 32.2. The van der Waals surface area contributed by atoms with Crippen LogP contribution in [0.4, 0.5) is 5.69 Å². The van der Waals surface area contributed by atoms with Crippen LogP contribution in [0.2, 0.25) is 0 Å². The highest BCUT2D eigenvalue weighted by molar-refractivity contribution is 7.89. The quantitative estimate of drug-likeness (QED) is 0.576. The fraction of sp³-hybridized carbons (Fsp3) is 0.667. The van der Waals surface area contributed by atoms with Crippen molar-refractivity contribution in [3.8, 4) is 0 Å². The summed E-state index contributed by atoms with van der Waals surface area (Å²) in [5, 5.41) is 2.74. The zero-order valence-corrected chi connectivity index (χ0v) is 20.8. The van der Waals surface area contributed by atoms with Crippen LogP contribution in [0.1, 0.15) is 69.7 Å². The first-order valence-corrected chi connectivity index (χ1v) is 13.5. The average Bonchev–Trinajstić information content (AvgIpc) is 2.83. The van der Waals surface area contributed by atoms with Gasteiger partial charge in [0.15, 0.2) is 6.10 Å². The first-order chi connectivity index (χ1) is 15.7. The number of benzene rings is 1. The molecule has 1 aromatic carbocycles. The lowest BCUT2D eigenvalue weighted by molar-refractivity contribution is -0.129. The van der Waals surface area contributed by atoms with Gasteiger partial charge in [-0.1, -0.05) is 20.3 Å². The van der Waals surface area contributed by atoms with Gasteiger partial charge >= 0.3 is 5.97 Å². The molecular weight excluding hydrogens is 442 g/mol. The second-order valence-electron chi connectivity index (χ2n) is 9.38. The number of piperidine rings is 2. The summed E-state index contributed by atoms with van der Waals surface area (Å²) in [7, 11) is -3.76. The number of amides is 1. The lowest BCUT2D eigenvalue weighted by Gasteiger charge is -2.33. The van der Waals surface area contributed by atoms with E-state index in [-0.39, 0.29) is 22.3 Å². The number of hydrogen-bond donors (Lipinski definition) is 1. The number of carbonyl (C=O) groups excluding carboxylic acids is 2. The molecule has 2 fully saturated rings. The van der Waals surface area contributed by atoms with E-state index >= 15 is 0 Å². The van der Waals surface area contributed by atoms with Crippen LogP contribution < -0.4 is 10.2 Å². The zero-order valence-electron chi connectivity index (χ0n) is 20.0. The predicted molar refractivity (Wildman–Crippen MR) is 128 cm³/mol. The number of nitrogens with zero attached hydrogens (tertiary/aromatic N) is 2. The first kappa shape index (κ1) is 25.5. The van der Waals surface area contributed by atoms with E-state index in [0.717, 1.165) is 51.6 Å². The number of anilines is 1. The van der Waals surface area contributed by atoms with E-state index in [4.69, 9.17) is 4.74 Å². The molecule has 0 saturated carbocycles. The van der Waals surface area contributed by atoms with Crippen LogP contribution in [-0.2, 0) is 19.6 Å². The number of sulfonamides is 1. The maximum Gasteiger partial charge on any atom is 0.338 e. The van der Waals surface area contributed by atoms with Crippen LogP contribution in [0.25, 0.3) is 0 Å². The van der Waals surface area contributed by atoms with Gasteiger partial charge in [-0.05, 0) is 63.1 Å². The van der Waals surface area contributed by atoms with Gasteiger partial charge in [0.1, 0.15) is 4.90 Å². The molecule has 0 aliphatic carbocycles. The largest absolute Gasteiger partial charge is 0.449 e. The van der Waals surface area contributed by atoms with Crippen molar-refractivity contribution in [2.75, 3.05) is 37.6 Å². The maximum absolute atomic E-state index is 13.6. The Morgan fingerprint density at radius 2 is 1.58 bits per heavy atom. The van der Waals surface area contributed by atoms with Gasteiger partial charge in [0, 0.05) is 32.7 Å². The van der Waals surface area contributed by atoms with Crippen molar-refractivity contribution in [1.29, 1.82) is 0 Å². The molecule has 0 aromatic heterocycles. The van der Waals surface area contributed by atoms with E-state index in [0.29, 0.717) is 25.3 Å². The molecule has 1 N–H and O–H groups in total. The van der Waals surface area contributed by atoms with Crippen LogP contribution in [0.5, 0.6) is 0 Å². The number of hydrogen-bond acceptors (Lipinski definition) is 6. The minimum absolute atomic E-state index is 0.134. The molecule has 9 heteroatoms. The Balaban J connectivity index is 1.86. The monoisotopic (exact) mass is 479 g/mol. The first-order valence-electron chi connectivity index (χ1n) is 12.1. The third-order valence-corrected chi connectivity index (χ3v) is 8.09. The van der Waals surface area contributed by atoms with Crippen molar-refractivity contribution < 1.29 is 22.7 Å². The van der Waals surface area contributed by atoms with Gasteiger partial charge in [0.2, 0.25) is 10.0 Å². The van der Waals surface area contributed by atoms with Gasteiger partial charge in [-0.25, -0.2) is 13.2 Å². The Hall–Kier alpha value is -2.13. The lowest BCUT2D eigenvalue weighted by Crippen LogP contribution is -2.38. The molecule has 3 rings (SSSR count). The fourth-order valence-corrected chi connectivity index (χ4v) is 5.97. The van der Waals surface area contributed by atoms with Gasteiger partial charge in [-0.2, -0.15) is 4.31 Å². The number of nitrogens with one attached hydrogen (secondary N) is 1. The Labute approximate surface area is 197 Å². The molecule has 0 bridgehead atoms. The van der Waals surface area contributed by atoms with Crippen LogP contribution in [0.3, 0.4) is 0 Å². The average molecular weight is 480 g/mol. The second kappa shape index (κ2) is 11.3. The summed E-state index contributed by atoms with van der Waals surface area (Å²) in [4.78, 5) is 27.3.